The third kappa shape index (κ3) is 6.87. The van der Waals surface area contributed by atoms with Gasteiger partial charge in [0.05, 0.1) is 0 Å². The Morgan fingerprint density at radius 2 is 1.75 bits per heavy atom. The highest BCUT2D eigenvalue weighted by Gasteiger charge is 2.03. The highest BCUT2D eigenvalue weighted by atomic mass is 16.1. The van der Waals surface area contributed by atoms with Gasteiger partial charge in [-0.15, -0.1) is 0 Å². The SMILES string of the molecule is CC=O.NC(=O)c1ccc(Nc2nccc(NCCc3ccccc3)n2)cc1. The molecule has 0 aliphatic rings. The maximum atomic E-state index is 11.1. The van der Waals surface area contributed by atoms with E-state index in [-0.39, 0.29) is 0 Å². The number of nitrogens with zero attached hydrogens (tertiary/aromatic N) is 2. The summed E-state index contributed by atoms with van der Waals surface area (Å²) in [5.74, 6) is 0.783. The van der Waals surface area contributed by atoms with Crippen LogP contribution >= 0.6 is 0 Å². The van der Waals surface area contributed by atoms with E-state index in [2.05, 4.69) is 32.7 Å². The summed E-state index contributed by atoms with van der Waals surface area (Å²) in [4.78, 5) is 28.5. The van der Waals surface area contributed by atoms with Gasteiger partial charge in [-0.1, -0.05) is 30.3 Å². The first-order valence-electron chi connectivity index (χ1n) is 8.80. The number of nitrogens with one attached hydrogen (secondary N) is 2. The number of hydrogen-bond donors (Lipinski definition) is 3. The summed E-state index contributed by atoms with van der Waals surface area (Å²) < 4.78 is 0. The van der Waals surface area contributed by atoms with Crippen molar-refractivity contribution in [1.82, 2.24) is 9.97 Å². The Morgan fingerprint density at radius 3 is 2.39 bits per heavy atom. The molecule has 144 valence electrons. The van der Waals surface area contributed by atoms with Gasteiger partial charge >= 0.3 is 0 Å². The van der Waals surface area contributed by atoms with Crippen LogP contribution in [0.4, 0.5) is 17.5 Å². The number of benzene rings is 2. The number of carbonyl (C=O) groups excluding carboxylic acids is 2. The second-order valence-electron chi connectivity index (χ2n) is 5.73. The lowest BCUT2D eigenvalue weighted by Crippen LogP contribution is -2.10. The first-order valence-corrected chi connectivity index (χ1v) is 8.80. The van der Waals surface area contributed by atoms with Gasteiger partial charge in [0.15, 0.2) is 0 Å². The summed E-state index contributed by atoms with van der Waals surface area (Å²) in [6, 6.07) is 18.9. The largest absolute Gasteiger partial charge is 0.370 e. The second-order valence-corrected chi connectivity index (χ2v) is 5.73. The van der Waals surface area contributed by atoms with E-state index < -0.39 is 5.91 Å². The van der Waals surface area contributed by atoms with Crippen LogP contribution < -0.4 is 16.4 Å². The lowest BCUT2D eigenvalue weighted by atomic mass is 10.1. The number of aromatic nitrogens is 2. The number of nitrogens with two attached hydrogens (primary N) is 1. The minimum absolute atomic E-state index is 0.451. The molecule has 0 fully saturated rings. The Bertz CT molecular complexity index is 883. The van der Waals surface area contributed by atoms with E-state index in [1.165, 1.54) is 12.5 Å². The molecule has 3 aromatic rings. The number of amides is 1. The van der Waals surface area contributed by atoms with Crippen molar-refractivity contribution >= 4 is 29.6 Å². The van der Waals surface area contributed by atoms with Crippen LogP contribution in [0.25, 0.3) is 0 Å². The maximum absolute atomic E-state index is 11.1. The van der Waals surface area contributed by atoms with Crippen molar-refractivity contribution in [3.8, 4) is 0 Å². The quantitative estimate of drug-likeness (QED) is 0.546. The Hall–Kier alpha value is -3.74. The zero-order valence-corrected chi connectivity index (χ0v) is 15.6. The monoisotopic (exact) mass is 377 g/mol. The van der Waals surface area contributed by atoms with Crippen LogP contribution in [0, 0.1) is 0 Å². The van der Waals surface area contributed by atoms with Gasteiger partial charge in [-0.25, -0.2) is 4.98 Å². The number of primary amides is 1. The van der Waals surface area contributed by atoms with Crippen LogP contribution in [0.3, 0.4) is 0 Å². The normalized spacial score (nSPS) is 9.61. The van der Waals surface area contributed by atoms with Crippen molar-refractivity contribution in [3.05, 3.63) is 78.0 Å². The summed E-state index contributed by atoms with van der Waals surface area (Å²) in [5, 5.41) is 6.40. The number of hydrogen-bond acceptors (Lipinski definition) is 6. The molecule has 1 aromatic heterocycles. The van der Waals surface area contributed by atoms with Gasteiger partial charge in [-0.05, 0) is 49.2 Å². The molecule has 3 rings (SSSR count). The minimum Gasteiger partial charge on any atom is -0.370 e. The van der Waals surface area contributed by atoms with E-state index in [9.17, 15) is 4.79 Å². The van der Waals surface area contributed by atoms with Crippen molar-refractivity contribution < 1.29 is 9.59 Å². The summed E-state index contributed by atoms with van der Waals surface area (Å²) in [5.41, 5.74) is 7.75. The molecular formula is C21H23N5O2. The number of carbonyl (C=O) groups is 2. The van der Waals surface area contributed by atoms with Crippen LogP contribution in [0.2, 0.25) is 0 Å². The molecule has 0 saturated carbocycles. The maximum Gasteiger partial charge on any atom is 0.248 e. The van der Waals surface area contributed by atoms with Crippen molar-refractivity contribution in [2.24, 2.45) is 5.73 Å². The van der Waals surface area contributed by atoms with E-state index in [0.29, 0.717) is 11.5 Å². The van der Waals surface area contributed by atoms with E-state index in [1.807, 2.05) is 24.3 Å². The van der Waals surface area contributed by atoms with Gasteiger partial charge in [0.2, 0.25) is 11.9 Å². The standard InChI is InChI=1S/C19H19N5O.C2H4O/c20-18(25)15-6-8-16(9-7-15)23-19-22-13-11-17(24-19)21-12-10-14-4-2-1-3-5-14;1-2-3/h1-9,11,13H,10,12H2,(H2,20,25)(H2,21,22,23,24);2H,1H3. The number of aldehydes is 1. The zero-order chi connectivity index (χ0) is 20.2. The van der Waals surface area contributed by atoms with E-state index in [1.54, 1.807) is 30.5 Å². The third-order valence-corrected chi connectivity index (χ3v) is 3.64. The fraction of sp³-hybridized carbons (Fsp3) is 0.143. The smallest absolute Gasteiger partial charge is 0.248 e. The summed E-state index contributed by atoms with van der Waals surface area (Å²) in [6.45, 7) is 2.23. The molecule has 0 spiro atoms. The highest BCUT2D eigenvalue weighted by Crippen LogP contribution is 2.15. The Labute approximate surface area is 164 Å². The van der Waals surface area contributed by atoms with Gasteiger partial charge in [-0.2, -0.15) is 4.98 Å². The van der Waals surface area contributed by atoms with Crippen LogP contribution in [0.1, 0.15) is 22.8 Å². The molecule has 0 aliphatic heterocycles. The zero-order valence-electron chi connectivity index (χ0n) is 15.6. The summed E-state index contributed by atoms with van der Waals surface area (Å²) in [6.07, 6.45) is 3.36. The molecule has 0 saturated heterocycles. The van der Waals surface area contributed by atoms with Crippen LogP contribution in [-0.4, -0.2) is 28.7 Å². The minimum atomic E-state index is -0.451. The molecule has 0 aliphatic carbocycles. The van der Waals surface area contributed by atoms with Crippen molar-refractivity contribution in [2.45, 2.75) is 13.3 Å². The van der Waals surface area contributed by atoms with Gasteiger partial charge < -0.3 is 21.2 Å². The van der Waals surface area contributed by atoms with E-state index >= 15 is 0 Å². The molecule has 1 amide bonds. The van der Waals surface area contributed by atoms with Crippen LogP contribution in [0.5, 0.6) is 0 Å². The molecule has 7 heteroatoms. The lowest BCUT2D eigenvalue weighted by molar-refractivity contribution is -0.106. The first-order chi connectivity index (χ1) is 13.6. The van der Waals surface area contributed by atoms with E-state index in [0.717, 1.165) is 30.8 Å². The summed E-state index contributed by atoms with van der Waals surface area (Å²) in [7, 11) is 0. The fourth-order valence-electron chi connectivity index (χ4n) is 2.34. The van der Waals surface area contributed by atoms with Crippen LogP contribution in [-0.2, 0) is 11.2 Å². The van der Waals surface area contributed by atoms with Gasteiger partial charge in [0.25, 0.3) is 0 Å². The molecule has 1 heterocycles. The average Bonchev–Trinajstić information content (AvgIpc) is 2.70. The molecule has 0 radical (unpaired) electrons. The molecule has 4 N–H and O–H groups in total. The average molecular weight is 377 g/mol. The predicted molar refractivity (Wildman–Crippen MR) is 111 cm³/mol. The highest BCUT2D eigenvalue weighted by molar-refractivity contribution is 5.93. The second kappa shape index (κ2) is 11.1. The number of anilines is 3. The molecule has 0 bridgehead atoms. The third-order valence-electron chi connectivity index (χ3n) is 3.64. The predicted octanol–water partition coefficient (Wildman–Crippen LogP) is 3.18. The van der Waals surface area contributed by atoms with Gasteiger partial charge in [-0.3, -0.25) is 4.79 Å². The molecule has 2 aromatic carbocycles. The molecule has 28 heavy (non-hydrogen) atoms. The van der Waals surface area contributed by atoms with Crippen LogP contribution in [0.15, 0.2) is 66.9 Å². The molecule has 0 atom stereocenters. The molecule has 0 unspecified atom stereocenters. The van der Waals surface area contributed by atoms with E-state index in [4.69, 9.17) is 10.5 Å². The Morgan fingerprint density at radius 1 is 1.07 bits per heavy atom. The van der Waals surface area contributed by atoms with Gasteiger partial charge in [0.1, 0.15) is 12.1 Å². The Balaban J connectivity index is 0.000000878. The molecule has 7 nitrogen and oxygen atoms in total. The topological polar surface area (TPSA) is 110 Å². The number of rotatable bonds is 7. The summed E-state index contributed by atoms with van der Waals surface area (Å²) >= 11 is 0. The Kier molecular flexibility index (Phi) is 8.14. The van der Waals surface area contributed by atoms with Crippen molar-refractivity contribution in [3.63, 3.8) is 0 Å². The van der Waals surface area contributed by atoms with Gasteiger partial charge in [0, 0.05) is 24.0 Å². The van der Waals surface area contributed by atoms with Crippen molar-refractivity contribution in [2.75, 3.05) is 17.2 Å². The first kappa shape index (κ1) is 20.6. The molecular weight excluding hydrogens is 354 g/mol. The van der Waals surface area contributed by atoms with Crippen molar-refractivity contribution in [1.29, 1.82) is 0 Å². The lowest BCUT2D eigenvalue weighted by Gasteiger charge is -2.09. The fourth-order valence-corrected chi connectivity index (χ4v) is 2.34.